The Labute approximate surface area is 165 Å². The minimum atomic E-state index is -0.289. The summed E-state index contributed by atoms with van der Waals surface area (Å²) in [6, 6.07) is 8.73. The van der Waals surface area contributed by atoms with Gasteiger partial charge < -0.3 is 23.9 Å². The minimum Gasteiger partial charge on any atom is -0.493 e. The fourth-order valence-corrected chi connectivity index (χ4v) is 3.41. The van der Waals surface area contributed by atoms with E-state index in [1.165, 1.54) is 21.3 Å². The van der Waals surface area contributed by atoms with Crippen LogP contribution in [0.3, 0.4) is 0 Å². The molecule has 3 aromatic rings. The molecular weight excluding hydrogens is 384 g/mol. The molecule has 2 aromatic carbocycles. The first-order valence-corrected chi connectivity index (χ1v) is 8.82. The zero-order valence-corrected chi connectivity index (χ0v) is 16.2. The van der Waals surface area contributed by atoms with Crippen molar-refractivity contribution in [3.63, 3.8) is 0 Å². The van der Waals surface area contributed by atoms with Crippen LogP contribution in [0.15, 0.2) is 35.1 Å². The van der Waals surface area contributed by atoms with Crippen LogP contribution < -0.4 is 24.5 Å². The highest BCUT2D eigenvalue weighted by molar-refractivity contribution is 6.30. The number of aromatic amines is 1. The first-order chi connectivity index (χ1) is 13.5. The van der Waals surface area contributed by atoms with Crippen LogP contribution in [0.2, 0.25) is 5.02 Å². The van der Waals surface area contributed by atoms with E-state index in [0.717, 1.165) is 5.56 Å². The van der Waals surface area contributed by atoms with Crippen molar-refractivity contribution in [1.29, 1.82) is 0 Å². The van der Waals surface area contributed by atoms with Crippen LogP contribution in [-0.4, -0.2) is 31.3 Å². The Kier molecular flexibility index (Phi) is 4.60. The van der Waals surface area contributed by atoms with Gasteiger partial charge in [0.2, 0.25) is 11.6 Å². The van der Waals surface area contributed by atoms with E-state index in [9.17, 15) is 4.79 Å². The van der Waals surface area contributed by atoms with E-state index in [2.05, 4.69) is 9.97 Å². The lowest BCUT2D eigenvalue weighted by Crippen LogP contribution is -2.20. The third-order valence-corrected chi connectivity index (χ3v) is 4.77. The lowest BCUT2D eigenvalue weighted by Gasteiger charge is -2.20. The van der Waals surface area contributed by atoms with Gasteiger partial charge in [-0.25, -0.2) is 0 Å². The molecule has 0 atom stereocenters. The lowest BCUT2D eigenvalue weighted by molar-refractivity contribution is 0.325. The Bertz CT molecular complexity index is 1130. The molecule has 2 heterocycles. The third-order valence-electron chi connectivity index (χ3n) is 4.53. The first-order valence-electron chi connectivity index (χ1n) is 8.44. The lowest BCUT2D eigenvalue weighted by atomic mass is 10.0. The van der Waals surface area contributed by atoms with E-state index in [-0.39, 0.29) is 11.4 Å². The Morgan fingerprint density at radius 1 is 1.07 bits per heavy atom. The summed E-state index contributed by atoms with van der Waals surface area (Å²) in [5, 5.41) is 0.585. The van der Waals surface area contributed by atoms with Crippen LogP contribution in [0.1, 0.15) is 11.1 Å². The van der Waals surface area contributed by atoms with Gasteiger partial charge in [0.05, 0.1) is 32.5 Å². The van der Waals surface area contributed by atoms with E-state index < -0.39 is 0 Å². The molecule has 0 unspecified atom stereocenters. The SMILES string of the molecule is COc1ccc(-c2nc3c(c(=O)[nH]2)Cc2cc(Cl)ccc2O3)c(OC)c1OC. The number of nitrogens with zero attached hydrogens (tertiary/aromatic N) is 1. The van der Waals surface area contributed by atoms with Gasteiger partial charge in [-0.2, -0.15) is 4.98 Å². The molecule has 4 rings (SSSR count). The van der Waals surface area contributed by atoms with E-state index in [4.69, 9.17) is 30.5 Å². The van der Waals surface area contributed by atoms with E-state index >= 15 is 0 Å². The summed E-state index contributed by atoms with van der Waals surface area (Å²) in [6.07, 6.45) is 0.386. The van der Waals surface area contributed by atoms with E-state index in [1.807, 2.05) is 0 Å². The van der Waals surface area contributed by atoms with Crippen LogP contribution in [0.4, 0.5) is 0 Å². The molecule has 0 radical (unpaired) electrons. The summed E-state index contributed by atoms with van der Waals surface area (Å²) in [5.74, 6) is 2.49. The predicted molar refractivity (Wildman–Crippen MR) is 104 cm³/mol. The molecule has 0 amide bonds. The van der Waals surface area contributed by atoms with E-state index in [0.29, 0.717) is 51.4 Å². The average molecular weight is 401 g/mol. The molecular formula is C20H17ClN2O5. The number of hydrogen-bond acceptors (Lipinski definition) is 6. The summed E-state index contributed by atoms with van der Waals surface area (Å²) in [7, 11) is 4.56. The van der Waals surface area contributed by atoms with Gasteiger partial charge in [0.1, 0.15) is 11.6 Å². The number of ether oxygens (including phenoxy) is 4. The second kappa shape index (κ2) is 7.09. The summed E-state index contributed by atoms with van der Waals surface area (Å²) < 4.78 is 22.1. The highest BCUT2D eigenvalue weighted by Crippen LogP contribution is 2.44. The number of nitrogens with one attached hydrogen (secondary N) is 1. The number of H-pyrrole nitrogens is 1. The second-order valence-electron chi connectivity index (χ2n) is 6.11. The number of aromatic nitrogens is 2. The quantitative estimate of drug-likeness (QED) is 0.561. The van der Waals surface area contributed by atoms with Crippen LogP contribution in [0.25, 0.3) is 11.4 Å². The van der Waals surface area contributed by atoms with Crippen LogP contribution in [0, 0.1) is 0 Å². The summed E-state index contributed by atoms with van der Waals surface area (Å²) in [5.41, 5.74) is 1.54. The maximum atomic E-state index is 12.7. The largest absolute Gasteiger partial charge is 0.493 e. The van der Waals surface area contributed by atoms with Crippen molar-refractivity contribution < 1.29 is 18.9 Å². The van der Waals surface area contributed by atoms with Gasteiger partial charge in [-0.1, -0.05) is 11.6 Å². The fourth-order valence-electron chi connectivity index (χ4n) is 3.21. The smallest absolute Gasteiger partial charge is 0.258 e. The molecule has 1 N–H and O–H groups in total. The number of hydrogen-bond donors (Lipinski definition) is 1. The van der Waals surface area contributed by atoms with Crippen LogP contribution in [0.5, 0.6) is 28.9 Å². The monoisotopic (exact) mass is 400 g/mol. The number of benzene rings is 2. The first kappa shape index (κ1) is 18.2. The number of methoxy groups -OCH3 is 3. The van der Waals surface area contributed by atoms with Gasteiger partial charge in [0.25, 0.3) is 5.56 Å². The molecule has 7 nitrogen and oxygen atoms in total. The maximum Gasteiger partial charge on any atom is 0.258 e. The predicted octanol–water partition coefficient (Wildman–Crippen LogP) is 3.81. The molecule has 28 heavy (non-hydrogen) atoms. The van der Waals surface area contributed by atoms with Gasteiger partial charge in [-0.15, -0.1) is 0 Å². The topological polar surface area (TPSA) is 82.7 Å². The maximum absolute atomic E-state index is 12.7. The van der Waals surface area contributed by atoms with Crippen molar-refractivity contribution in [2.75, 3.05) is 21.3 Å². The molecule has 0 bridgehead atoms. The molecule has 0 spiro atoms. The zero-order valence-electron chi connectivity index (χ0n) is 15.5. The van der Waals surface area contributed by atoms with Gasteiger partial charge >= 0.3 is 0 Å². The molecule has 0 saturated carbocycles. The van der Waals surface area contributed by atoms with Crippen molar-refractivity contribution in [1.82, 2.24) is 9.97 Å². The van der Waals surface area contributed by atoms with Gasteiger partial charge in [0.15, 0.2) is 11.5 Å². The highest BCUT2D eigenvalue weighted by Gasteiger charge is 2.25. The summed E-state index contributed by atoms with van der Waals surface area (Å²) in [4.78, 5) is 20.0. The molecule has 144 valence electrons. The van der Waals surface area contributed by atoms with Crippen LogP contribution >= 0.6 is 11.6 Å². The van der Waals surface area contributed by atoms with Crippen molar-refractivity contribution in [2.45, 2.75) is 6.42 Å². The average Bonchev–Trinajstić information content (AvgIpc) is 2.71. The van der Waals surface area contributed by atoms with Crippen molar-refractivity contribution in [3.8, 4) is 40.3 Å². The standard InChI is InChI=1S/C20H17ClN2O5/c1-25-15-7-5-12(16(26-2)17(15)27-3)18-22-19(24)13-9-10-8-11(21)4-6-14(10)28-20(13)23-18/h4-8H,9H2,1-3H3,(H,22,23,24). The molecule has 1 aliphatic heterocycles. The minimum absolute atomic E-state index is 0.255. The van der Waals surface area contributed by atoms with Gasteiger partial charge in [0, 0.05) is 17.0 Å². The normalized spacial score (nSPS) is 11.9. The number of rotatable bonds is 4. The van der Waals surface area contributed by atoms with Crippen molar-refractivity contribution >= 4 is 11.6 Å². The van der Waals surface area contributed by atoms with Gasteiger partial charge in [-0.3, -0.25) is 4.79 Å². The summed E-state index contributed by atoms with van der Waals surface area (Å²) in [6.45, 7) is 0. The number of halogens is 1. The Balaban J connectivity index is 1.85. The molecule has 1 aromatic heterocycles. The molecule has 0 saturated heterocycles. The zero-order chi connectivity index (χ0) is 19.8. The van der Waals surface area contributed by atoms with Crippen molar-refractivity contribution in [3.05, 3.63) is 56.8 Å². The Hall–Kier alpha value is -3.19. The third kappa shape index (κ3) is 2.93. The molecule has 8 heteroatoms. The summed E-state index contributed by atoms with van der Waals surface area (Å²) >= 11 is 6.04. The second-order valence-corrected chi connectivity index (χ2v) is 6.55. The fraction of sp³-hybridized carbons (Fsp3) is 0.200. The highest BCUT2D eigenvalue weighted by atomic mass is 35.5. The van der Waals surface area contributed by atoms with Gasteiger partial charge in [-0.05, 0) is 30.3 Å². The number of fused-ring (bicyclic) bond motifs is 2. The van der Waals surface area contributed by atoms with Crippen LogP contribution in [-0.2, 0) is 6.42 Å². The Morgan fingerprint density at radius 2 is 1.86 bits per heavy atom. The molecule has 0 fully saturated rings. The molecule has 0 aliphatic carbocycles. The van der Waals surface area contributed by atoms with E-state index in [1.54, 1.807) is 30.3 Å². The van der Waals surface area contributed by atoms with Crippen molar-refractivity contribution in [2.24, 2.45) is 0 Å². The molecule has 1 aliphatic rings. The Morgan fingerprint density at radius 3 is 2.57 bits per heavy atom.